The van der Waals surface area contributed by atoms with Crippen molar-refractivity contribution in [2.75, 3.05) is 13.6 Å². The smallest absolute Gasteiger partial charge is 0.191 e. The summed E-state index contributed by atoms with van der Waals surface area (Å²) in [5.41, 5.74) is 0. The Balaban J connectivity index is 1.75. The van der Waals surface area contributed by atoms with Crippen molar-refractivity contribution in [2.24, 2.45) is 4.99 Å². The molecule has 0 fully saturated rings. The van der Waals surface area contributed by atoms with Crippen molar-refractivity contribution in [1.82, 2.24) is 30.0 Å². The Morgan fingerprint density at radius 1 is 1.30 bits per heavy atom. The minimum absolute atomic E-state index is 0.608. The van der Waals surface area contributed by atoms with Gasteiger partial charge in [0.1, 0.15) is 6.33 Å². The summed E-state index contributed by atoms with van der Waals surface area (Å²) in [7, 11) is 1.76. The second-order valence-corrected chi connectivity index (χ2v) is 4.31. The Morgan fingerprint density at radius 3 is 2.80 bits per heavy atom. The molecule has 2 N–H and O–H groups in total. The number of nitrogens with one attached hydrogen (secondary N) is 2. The average Bonchev–Trinajstić information content (AvgIpc) is 3.13. The van der Waals surface area contributed by atoms with Gasteiger partial charge in [0.2, 0.25) is 0 Å². The Morgan fingerprint density at radius 2 is 2.10 bits per heavy atom. The second kappa shape index (κ2) is 7.32. The molecule has 7 heteroatoms. The lowest BCUT2D eigenvalue weighted by Crippen LogP contribution is -2.38. The molecule has 108 valence electrons. The molecule has 0 aliphatic heterocycles. The van der Waals surface area contributed by atoms with Crippen LogP contribution >= 0.6 is 0 Å². The van der Waals surface area contributed by atoms with Crippen LogP contribution in [-0.2, 0) is 19.6 Å². The van der Waals surface area contributed by atoms with E-state index in [2.05, 4.69) is 37.3 Å². The number of hydrogen-bond acceptors (Lipinski definition) is 3. The van der Waals surface area contributed by atoms with Crippen LogP contribution in [0.4, 0.5) is 0 Å². The molecule has 7 nitrogen and oxygen atoms in total. The Bertz CT molecular complexity index is 527. The van der Waals surface area contributed by atoms with Crippen LogP contribution in [0.25, 0.3) is 0 Å². The van der Waals surface area contributed by atoms with Gasteiger partial charge in [-0.05, 0) is 19.1 Å². The number of hydrogen-bond donors (Lipinski definition) is 2. The van der Waals surface area contributed by atoms with Gasteiger partial charge in [-0.1, -0.05) is 0 Å². The first-order chi connectivity index (χ1) is 9.83. The SMILES string of the molecule is CCn1cnnc1CNC(=NC)NCCn1cccc1. The van der Waals surface area contributed by atoms with Crippen molar-refractivity contribution in [3.8, 4) is 0 Å². The summed E-state index contributed by atoms with van der Waals surface area (Å²) < 4.78 is 4.12. The molecule has 2 rings (SSSR count). The molecule has 0 atom stereocenters. The van der Waals surface area contributed by atoms with E-state index in [0.29, 0.717) is 6.54 Å². The van der Waals surface area contributed by atoms with Crippen molar-refractivity contribution in [2.45, 2.75) is 26.6 Å². The van der Waals surface area contributed by atoms with Crippen LogP contribution in [0.2, 0.25) is 0 Å². The van der Waals surface area contributed by atoms with Gasteiger partial charge < -0.3 is 19.8 Å². The van der Waals surface area contributed by atoms with Crippen LogP contribution in [0.1, 0.15) is 12.7 Å². The Kier molecular flexibility index (Phi) is 5.16. The number of rotatable bonds is 6. The molecular formula is C13H21N7. The molecule has 0 aliphatic carbocycles. The summed E-state index contributed by atoms with van der Waals surface area (Å²) >= 11 is 0. The second-order valence-electron chi connectivity index (χ2n) is 4.31. The molecule has 0 radical (unpaired) electrons. The van der Waals surface area contributed by atoms with Crippen LogP contribution in [0.3, 0.4) is 0 Å². The maximum Gasteiger partial charge on any atom is 0.191 e. The maximum atomic E-state index is 4.19. The molecule has 0 saturated carbocycles. The first-order valence-electron chi connectivity index (χ1n) is 6.75. The van der Waals surface area contributed by atoms with Crippen LogP contribution in [-0.4, -0.2) is 38.9 Å². The van der Waals surface area contributed by atoms with Crippen molar-refractivity contribution in [3.63, 3.8) is 0 Å². The highest BCUT2D eigenvalue weighted by molar-refractivity contribution is 5.79. The Hall–Kier alpha value is -2.31. The lowest BCUT2D eigenvalue weighted by atomic mass is 10.5. The minimum atomic E-state index is 0.608. The van der Waals surface area contributed by atoms with E-state index in [4.69, 9.17) is 0 Å². The fourth-order valence-electron chi connectivity index (χ4n) is 1.89. The molecule has 2 aromatic rings. The van der Waals surface area contributed by atoms with Gasteiger partial charge in [-0.3, -0.25) is 4.99 Å². The summed E-state index contributed by atoms with van der Waals surface area (Å²) in [6.07, 6.45) is 5.82. The van der Waals surface area contributed by atoms with Crippen LogP contribution in [0.5, 0.6) is 0 Å². The van der Waals surface area contributed by atoms with E-state index >= 15 is 0 Å². The Labute approximate surface area is 118 Å². The van der Waals surface area contributed by atoms with E-state index in [-0.39, 0.29) is 0 Å². The summed E-state index contributed by atoms with van der Waals surface area (Å²) in [5.74, 6) is 1.67. The van der Waals surface area contributed by atoms with Crippen molar-refractivity contribution in [1.29, 1.82) is 0 Å². The zero-order valence-corrected chi connectivity index (χ0v) is 12.0. The van der Waals surface area contributed by atoms with Gasteiger partial charge in [-0.15, -0.1) is 10.2 Å². The number of aliphatic imine (C=N–C) groups is 1. The molecule has 0 bridgehead atoms. The van der Waals surface area contributed by atoms with Crippen LogP contribution < -0.4 is 10.6 Å². The van der Waals surface area contributed by atoms with E-state index in [9.17, 15) is 0 Å². The average molecular weight is 275 g/mol. The predicted octanol–water partition coefficient (Wildman–Crippen LogP) is 0.465. The van der Waals surface area contributed by atoms with Crippen LogP contribution in [0, 0.1) is 0 Å². The van der Waals surface area contributed by atoms with Crippen molar-refractivity contribution in [3.05, 3.63) is 36.7 Å². The van der Waals surface area contributed by atoms with Gasteiger partial charge in [0.25, 0.3) is 0 Å². The zero-order chi connectivity index (χ0) is 14.2. The van der Waals surface area contributed by atoms with Crippen LogP contribution in [0.15, 0.2) is 35.8 Å². The van der Waals surface area contributed by atoms with E-state index in [1.165, 1.54) is 0 Å². The van der Waals surface area contributed by atoms with E-state index < -0.39 is 0 Å². The minimum Gasteiger partial charge on any atom is -0.355 e. The topological polar surface area (TPSA) is 72.1 Å². The largest absolute Gasteiger partial charge is 0.355 e. The molecule has 0 unspecified atom stereocenters. The highest BCUT2D eigenvalue weighted by Crippen LogP contribution is 1.93. The van der Waals surface area contributed by atoms with Crippen molar-refractivity contribution >= 4 is 5.96 Å². The molecule has 0 saturated heterocycles. The van der Waals surface area contributed by atoms with E-state index in [1.54, 1.807) is 13.4 Å². The van der Waals surface area contributed by atoms with Gasteiger partial charge in [0, 0.05) is 39.1 Å². The molecule has 20 heavy (non-hydrogen) atoms. The van der Waals surface area contributed by atoms with Gasteiger partial charge in [-0.25, -0.2) is 0 Å². The quantitative estimate of drug-likeness (QED) is 0.593. The lowest BCUT2D eigenvalue weighted by molar-refractivity contribution is 0.648. The third-order valence-electron chi connectivity index (χ3n) is 3.00. The molecule has 0 spiro atoms. The highest BCUT2D eigenvalue weighted by atomic mass is 15.3. The normalized spacial score (nSPS) is 11.6. The lowest BCUT2D eigenvalue weighted by Gasteiger charge is -2.12. The van der Waals surface area contributed by atoms with Crippen molar-refractivity contribution < 1.29 is 0 Å². The van der Waals surface area contributed by atoms with E-state index in [0.717, 1.165) is 31.4 Å². The first kappa shape index (κ1) is 14.1. The van der Waals surface area contributed by atoms with Gasteiger partial charge >= 0.3 is 0 Å². The zero-order valence-electron chi connectivity index (χ0n) is 12.0. The molecule has 0 amide bonds. The predicted molar refractivity (Wildman–Crippen MR) is 78.3 cm³/mol. The third kappa shape index (κ3) is 3.84. The number of nitrogens with zero attached hydrogens (tertiary/aromatic N) is 5. The fraction of sp³-hybridized carbons (Fsp3) is 0.462. The molecule has 0 aliphatic rings. The maximum absolute atomic E-state index is 4.19. The standard InChI is InChI=1S/C13H21N7/c1-3-20-11-17-18-12(20)10-16-13(14-2)15-6-9-19-7-4-5-8-19/h4-5,7-8,11H,3,6,9-10H2,1-2H3,(H2,14,15,16). The first-order valence-corrected chi connectivity index (χ1v) is 6.75. The van der Waals surface area contributed by atoms with Gasteiger partial charge in [-0.2, -0.15) is 0 Å². The van der Waals surface area contributed by atoms with Gasteiger partial charge in [0.05, 0.1) is 6.54 Å². The van der Waals surface area contributed by atoms with E-state index in [1.807, 2.05) is 29.1 Å². The van der Waals surface area contributed by atoms with Gasteiger partial charge in [0.15, 0.2) is 11.8 Å². The summed E-state index contributed by atoms with van der Waals surface area (Å²) in [4.78, 5) is 4.19. The highest BCUT2D eigenvalue weighted by Gasteiger charge is 2.03. The molecule has 2 heterocycles. The molecule has 0 aromatic carbocycles. The molecular weight excluding hydrogens is 254 g/mol. The summed E-state index contributed by atoms with van der Waals surface area (Å²) in [6.45, 7) is 5.26. The fourth-order valence-corrected chi connectivity index (χ4v) is 1.89. The summed E-state index contributed by atoms with van der Waals surface area (Å²) in [5, 5.41) is 14.5. The number of guanidine groups is 1. The molecule has 2 aromatic heterocycles. The number of aromatic nitrogens is 4. The monoisotopic (exact) mass is 275 g/mol. The summed E-state index contributed by atoms with van der Waals surface area (Å²) in [6, 6.07) is 4.04. The number of aryl methyl sites for hydroxylation is 1. The third-order valence-corrected chi connectivity index (χ3v) is 3.00.